The molecule has 0 aromatic rings. The summed E-state index contributed by atoms with van der Waals surface area (Å²) in [5.41, 5.74) is 11.0. The van der Waals surface area contributed by atoms with Gasteiger partial charge in [0.05, 0.1) is 0 Å². The second-order valence-corrected chi connectivity index (χ2v) is 0.112. The molecule has 0 amide bonds. The molecule has 0 heterocycles. The number of rotatable bonds is 0. The van der Waals surface area contributed by atoms with Crippen LogP contribution in [0.4, 0.5) is 0 Å². The Hall–Kier alpha value is 0.310. The van der Waals surface area contributed by atoms with Crippen LogP contribution in [0.3, 0.4) is 0 Å². The van der Waals surface area contributed by atoms with E-state index in [1.54, 1.807) is 0 Å². The van der Waals surface area contributed by atoms with E-state index in [4.69, 9.17) is 11.1 Å². The Balaban J connectivity index is 0. The number of hydrogen-bond acceptors (Lipinski definition) is 2. The van der Waals surface area contributed by atoms with E-state index in [0.717, 1.165) is 0 Å². The normalized spacial score (nSPS) is 2.00. The summed E-state index contributed by atoms with van der Waals surface area (Å²) in [6.07, 6.45) is 0. The first-order valence-electron chi connectivity index (χ1n) is 0.447. The molecule has 0 saturated heterocycles. The van der Waals surface area contributed by atoms with Crippen molar-refractivity contribution in [1.29, 1.82) is 11.1 Å². The topological polar surface area (TPSA) is 61.8 Å². The van der Waals surface area contributed by atoms with Crippen molar-refractivity contribution >= 4 is 29.6 Å². The van der Waals surface area contributed by atoms with Gasteiger partial charge in [-0.25, -0.2) is 0 Å². The van der Waals surface area contributed by atoms with Crippen LogP contribution >= 0.6 is 0 Å². The van der Waals surface area contributed by atoms with Gasteiger partial charge >= 0.3 is 29.6 Å². The second kappa shape index (κ2) is 10.3. The van der Waals surface area contributed by atoms with Crippen LogP contribution in [0.25, 0.3) is 0 Å². The van der Waals surface area contributed by atoms with Crippen molar-refractivity contribution in [3.63, 3.8) is 0 Å². The molecule has 0 aromatic heterocycles. The van der Waals surface area contributed by atoms with Gasteiger partial charge in [0.2, 0.25) is 4.91 Å². The van der Waals surface area contributed by atoms with Crippen LogP contribution in [-0.4, -0.2) is 29.6 Å². The molecule has 0 aliphatic rings. The maximum absolute atomic E-state index is 5.50. The molecule has 2 N–H and O–H groups in total. The molecule has 0 atom stereocenters. The summed E-state index contributed by atoms with van der Waals surface area (Å²) in [5, 5.41) is 0. The van der Waals surface area contributed by atoms with Gasteiger partial charge in [0.1, 0.15) is 11.1 Å². The summed E-state index contributed by atoms with van der Waals surface area (Å²) in [6.45, 7) is 0. The van der Waals surface area contributed by atoms with E-state index < -0.39 is 0 Å². The van der Waals surface area contributed by atoms with Gasteiger partial charge < -0.3 is 0 Å². The number of nitrogens with zero attached hydrogens (tertiary/aromatic N) is 1. The van der Waals surface area contributed by atoms with Crippen molar-refractivity contribution in [3.8, 4) is 0 Å². The predicted molar refractivity (Wildman–Crippen MR) is 14.7 cm³/mol. The standard InChI is InChI=1S/H2N3.Na.H/c1-3-2;;/h1-2H;;/q+1;;. The van der Waals surface area contributed by atoms with Gasteiger partial charge in [0, 0.05) is 0 Å². The quantitative estimate of drug-likeness (QED) is 0.218. The fourth-order valence-electron chi connectivity index (χ4n) is 0. The van der Waals surface area contributed by atoms with E-state index in [1.807, 2.05) is 4.91 Å². The SMILES string of the molecule is N=[N+]=N.[NaH]. The molecule has 0 spiro atoms. The van der Waals surface area contributed by atoms with Gasteiger partial charge in [-0.3, -0.25) is 0 Å². The summed E-state index contributed by atoms with van der Waals surface area (Å²) in [7, 11) is 0. The molecule has 0 saturated carbocycles. The van der Waals surface area contributed by atoms with E-state index in [-0.39, 0.29) is 29.6 Å². The Morgan fingerprint density at radius 2 is 1.25 bits per heavy atom. The van der Waals surface area contributed by atoms with Crippen molar-refractivity contribution in [2.75, 3.05) is 0 Å². The zero-order valence-corrected chi connectivity index (χ0v) is 1.45. The molecule has 3 nitrogen and oxygen atoms in total. The fraction of sp³-hybridized carbons (Fsp3) is 0. The first-order valence-corrected chi connectivity index (χ1v) is 0.447. The number of nitrogens with one attached hydrogen (secondary N) is 2. The Morgan fingerprint density at radius 1 is 1.25 bits per heavy atom. The van der Waals surface area contributed by atoms with Crippen molar-refractivity contribution in [2.24, 2.45) is 0 Å². The molecule has 0 bridgehead atoms. The molecule has 0 aromatic carbocycles. The van der Waals surface area contributed by atoms with Crippen LogP contribution in [0.5, 0.6) is 0 Å². The third kappa shape index (κ3) is 41.3. The summed E-state index contributed by atoms with van der Waals surface area (Å²) in [4.78, 5) is 2.00. The van der Waals surface area contributed by atoms with Crippen LogP contribution in [0.2, 0.25) is 0 Å². The van der Waals surface area contributed by atoms with Crippen LogP contribution in [0.15, 0.2) is 0 Å². The third-order valence-electron chi connectivity index (χ3n) is 0. The molecule has 0 radical (unpaired) electrons. The molecule has 0 unspecified atom stereocenters. The maximum atomic E-state index is 5.50. The Bertz CT molecular complexity index is 24.3. The monoisotopic (exact) mass is 68.0 g/mol. The third-order valence-corrected chi connectivity index (χ3v) is 0. The first kappa shape index (κ1) is 8.85. The molecule has 0 aliphatic carbocycles. The predicted octanol–water partition coefficient (Wildman–Crippen LogP) is -0.533. The summed E-state index contributed by atoms with van der Waals surface area (Å²) >= 11 is 0. The molecule has 18 valence electrons. The molecule has 4 heavy (non-hydrogen) atoms. The van der Waals surface area contributed by atoms with Gasteiger partial charge in [-0.15, -0.1) is 0 Å². The fourth-order valence-corrected chi connectivity index (χ4v) is 0. The van der Waals surface area contributed by atoms with Crippen molar-refractivity contribution in [2.45, 2.75) is 0 Å². The van der Waals surface area contributed by atoms with E-state index >= 15 is 0 Å². The zero-order valence-electron chi connectivity index (χ0n) is 1.45. The van der Waals surface area contributed by atoms with E-state index in [9.17, 15) is 0 Å². The van der Waals surface area contributed by atoms with Gasteiger partial charge in [0.25, 0.3) is 0 Å². The first-order chi connectivity index (χ1) is 1.41. The number of hydrogen-bond donors (Lipinski definition) is 2. The Morgan fingerprint density at radius 3 is 1.25 bits per heavy atom. The van der Waals surface area contributed by atoms with E-state index in [0.29, 0.717) is 0 Å². The Labute approximate surface area is 45.7 Å². The van der Waals surface area contributed by atoms with Gasteiger partial charge in [-0.05, 0) is 0 Å². The van der Waals surface area contributed by atoms with Gasteiger partial charge in [-0.1, -0.05) is 0 Å². The van der Waals surface area contributed by atoms with E-state index in [1.165, 1.54) is 0 Å². The van der Waals surface area contributed by atoms with Crippen LogP contribution < -0.4 is 4.91 Å². The molecule has 0 rings (SSSR count). The second-order valence-electron chi connectivity index (χ2n) is 0.112. The zero-order chi connectivity index (χ0) is 2.71. The van der Waals surface area contributed by atoms with Gasteiger partial charge in [-0.2, -0.15) is 0 Å². The molecule has 4 heteroatoms. The summed E-state index contributed by atoms with van der Waals surface area (Å²) < 4.78 is 0. The summed E-state index contributed by atoms with van der Waals surface area (Å²) in [6, 6.07) is 0. The average Bonchev–Trinajstić information content (AvgIpc) is 0.918. The van der Waals surface area contributed by atoms with Crippen molar-refractivity contribution in [1.82, 2.24) is 4.91 Å². The summed E-state index contributed by atoms with van der Waals surface area (Å²) in [5.74, 6) is 0. The van der Waals surface area contributed by atoms with E-state index in [2.05, 4.69) is 0 Å². The van der Waals surface area contributed by atoms with Crippen LogP contribution in [0.1, 0.15) is 0 Å². The van der Waals surface area contributed by atoms with Crippen LogP contribution in [0, 0.1) is 11.1 Å². The van der Waals surface area contributed by atoms with Crippen molar-refractivity contribution < 1.29 is 0 Å². The minimum atomic E-state index is 0. The minimum absolute atomic E-state index is 0. The van der Waals surface area contributed by atoms with Crippen molar-refractivity contribution in [3.05, 3.63) is 0 Å². The van der Waals surface area contributed by atoms with Crippen LogP contribution in [-0.2, 0) is 0 Å². The Kier molecular flexibility index (Phi) is 22.8. The molecular formula is H3N3Na+. The molecule has 0 fully saturated rings. The molecular weight excluding hydrogens is 65.0 g/mol. The van der Waals surface area contributed by atoms with Gasteiger partial charge in [0.15, 0.2) is 0 Å². The molecule has 0 aliphatic heterocycles. The average molecular weight is 68.0 g/mol.